The van der Waals surface area contributed by atoms with Crippen LogP contribution in [0.1, 0.15) is 63.0 Å². The van der Waals surface area contributed by atoms with Crippen molar-refractivity contribution in [2.45, 2.75) is 63.7 Å². The van der Waals surface area contributed by atoms with Crippen LogP contribution < -0.4 is 5.73 Å². The Balaban J connectivity index is 1.73. The topological polar surface area (TPSA) is 26.0 Å². The summed E-state index contributed by atoms with van der Waals surface area (Å²) in [6.07, 6.45) is 11.2. The average molecular weight is 297 g/mol. The summed E-state index contributed by atoms with van der Waals surface area (Å²) in [6.45, 7) is 3.10. The van der Waals surface area contributed by atoms with Crippen LogP contribution in [0.4, 0.5) is 0 Å². The van der Waals surface area contributed by atoms with Crippen molar-refractivity contribution in [3.05, 3.63) is 35.4 Å². The van der Waals surface area contributed by atoms with Gasteiger partial charge in [-0.3, -0.25) is 0 Å². The quantitative estimate of drug-likeness (QED) is 0.839. The van der Waals surface area contributed by atoms with Crippen LogP contribution in [-0.4, -0.2) is 6.54 Å². The molecule has 4 aliphatic carbocycles. The molecular formula is C21H31N. The Kier molecular flexibility index (Phi) is 3.80. The summed E-state index contributed by atoms with van der Waals surface area (Å²) in [4.78, 5) is 0. The second kappa shape index (κ2) is 5.67. The SMILES string of the molecule is CCc1ccc(C2(CCCN)C3CC4CC(C3)CC2C4)cc1. The highest BCUT2D eigenvalue weighted by atomic mass is 14.6. The molecular weight excluding hydrogens is 266 g/mol. The van der Waals surface area contributed by atoms with Crippen LogP contribution in [0.25, 0.3) is 0 Å². The molecule has 4 aliphatic rings. The van der Waals surface area contributed by atoms with Crippen molar-refractivity contribution < 1.29 is 0 Å². The van der Waals surface area contributed by atoms with Gasteiger partial charge in [0.1, 0.15) is 0 Å². The summed E-state index contributed by atoms with van der Waals surface area (Å²) in [5, 5.41) is 0. The normalized spacial score (nSPS) is 39.4. The van der Waals surface area contributed by atoms with E-state index in [-0.39, 0.29) is 0 Å². The molecule has 4 bridgehead atoms. The van der Waals surface area contributed by atoms with Gasteiger partial charge in [-0.15, -0.1) is 0 Å². The summed E-state index contributed by atoms with van der Waals surface area (Å²) in [5.41, 5.74) is 9.49. The van der Waals surface area contributed by atoms with E-state index in [1.165, 1.54) is 50.5 Å². The van der Waals surface area contributed by atoms with Crippen LogP contribution in [0.5, 0.6) is 0 Å². The third-order valence-electron chi connectivity index (χ3n) is 7.29. The lowest BCUT2D eigenvalue weighted by Gasteiger charge is -2.62. The van der Waals surface area contributed by atoms with Crippen molar-refractivity contribution in [3.8, 4) is 0 Å². The van der Waals surface area contributed by atoms with E-state index in [1.807, 2.05) is 0 Å². The first kappa shape index (κ1) is 14.8. The van der Waals surface area contributed by atoms with E-state index in [1.54, 1.807) is 5.56 Å². The molecule has 4 saturated carbocycles. The predicted molar refractivity (Wildman–Crippen MR) is 92.8 cm³/mol. The molecule has 0 spiro atoms. The second-order valence-corrected chi connectivity index (χ2v) is 8.29. The molecule has 4 fully saturated rings. The van der Waals surface area contributed by atoms with Crippen molar-refractivity contribution >= 4 is 0 Å². The minimum absolute atomic E-state index is 0.457. The molecule has 0 aliphatic heterocycles. The highest BCUT2D eigenvalue weighted by molar-refractivity contribution is 5.33. The fourth-order valence-electron chi connectivity index (χ4n) is 6.49. The molecule has 0 atom stereocenters. The van der Waals surface area contributed by atoms with Gasteiger partial charge in [0.2, 0.25) is 0 Å². The van der Waals surface area contributed by atoms with Gasteiger partial charge in [0.25, 0.3) is 0 Å². The standard InChI is InChI=1S/C21H31N/c1-2-15-4-6-18(7-5-15)21(8-3-9-22)19-11-16-10-17(13-19)14-20(21)12-16/h4-7,16-17,19-20H,2-3,8-14,22H2,1H3. The zero-order valence-electron chi connectivity index (χ0n) is 14.1. The van der Waals surface area contributed by atoms with E-state index < -0.39 is 0 Å². The monoisotopic (exact) mass is 297 g/mol. The molecule has 0 unspecified atom stereocenters. The Labute approximate surface area is 135 Å². The molecule has 2 N–H and O–H groups in total. The molecule has 1 heteroatoms. The number of aryl methyl sites for hydroxylation is 1. The first-order chi connectivity index (χ1) is 10.8. The Morgan fingerprint density at radius 2 is 1.55 bits per heavy atom. The third-order valence-corrected chi connectivity index (χ3v) is 7.29. The van der Waals surface area contributed by atoms with E-state index in [9.17, 15) is 0 Å². The molecule has 0 radical (unpaired) electrons. The Morgan fingerprint density at radius 3 is 2.05 bits per heavy atom. The van der Waals surface area contributed by atoms with Crippen LogP contribution in [0.15, 0.2) is 24.3 Å². The van der Waals surface area contributed by atoms with E-state index in [0.29, 0.717) is 5.41 Å². The molecule has 0 heterocycles. The number of rotatable bonds is 5. The largest absolute Gasteiger partial charge is 0.330 e. The molecule has 1 nitrogen and oxygen atoms in total. The van der Waals surface area contributed by atoms with Crippen molar-refractivity contribution in [2.24, 2.45) is 29.4 Å². The lowest BCUT2D eigenvalue weighted by molar-refractivity contribution is -0.0655. The first-order valence-corrected chi connectivity index (χ1v) is 9.55. The molecule has 22 heavy (non-hydrogen) atoms. The maximum atomic E-state index is 5.91. The smallest absolute Gasteiger partial charge is 0.00103 e. The fraction of sp³-hybridized carbons (Fsp3) is 0.714. The van der Waals surface area contributed by atoms with Gasteiger partial charge in [-0.25, -0.2) is 0 Å². The average Bonchev–Trinajstić information content (AvgIpc) is 2.54. The number of nitrogens with two attached hydrogens (primary N) is 1. The van der Waals surface area contributed by atoms with Crippen LogP contribution in [0.2, 0.25) is 0 Å². The maximum Gasteiger partial charge on any atom is 0.00103 e. The van der Waals surface area contributed by atoms with Crippen LogP contribution >= 0.6 is 0 Å². The third kappa shape index (κ3) is 2.16. The van der Waals surface area contributed by atoms with Gasteiger partial charge < -0.3 is 5.73 Å². The van der Waals surface area contributed by atoms with Gasteiger partial charge in [0, 0.05) is 5.41 Å². The molecule has 120 valence electrons. The zero-order chi connectivity index (χ0) is 15.2. The van der Waals surface area contributed by atoms with Gasteiger partial charge in [0.15, 0.2) is 0 Å². The van der Waals surface area contributed by atoms with Gasteiger partial charge in [-0.2, -0.15) is 0 Å². The van der Waals surface area contributed by atoms with Crippen molar-refractivity contribution in [2.75, 3.05) is 6.54 Å². The minimum Gasteiger partial charge on any atom is -0.330 e. The summed E-state index contributed by atoms with van der Waals surface area (Å²) >= 11 is 0. The van der Waals surface area contributed by atoms with Crippen molar-refractivity contribution in [1.82, 2.24) is 0 Å². The van der Waals surface area contributed by atoms with E-state index in [0.717, 1.165) is 36.6 Å². The Morgan fingerprint density at radius 1 is 0.955 bits per heavy atom. The van der Waals surface area contributed by atoms with Crippen LogP contribution in [0.3, 0.4) is 0 Å². The predicted octanol–water partition coefficient (Wildman–Crippen LogP) is 4.68. The van der Waals surface area contributed by atoms with Crippen LogP contribution in [-0.2, 0) is 11.8 Å². The Hall–Kier alpha value is -0.820. The van der Waals surface area contributed by atoms with Crippen molar-refractivity contribution in [1.29, 1.82) is 0 Å². The van der Waals surface area contributed by atoms with E-state index >= 15 is 0 Å². The summed E-state index contributed by atoms with van der Waals surface area (Å²) in [5.74, 6) is 3.96. The zero-order valence-corrected chi connectivity index (χ0v) is 14.1. The number of benzene rings is 1. The molecule has 5 rings (SSSR count). The molecule has 0 amide bonds. The number of hydrogen-bond donors (Lipinski definition) is 1. The number of hydrogen-bond acceptors (Lipinski definition) is 1. The lowest BCUT2D eigenvalue weighted by atomic mass is 9.43. The van der Waals surface area contributed by atoms with Gasteiger partial charge in [0.05, 0.1) is 0 Å². The minimum atomic E-state index is 0.457. The van der Waals surface area contributed by atoms with E-state index in [2.05, 4.69) is 31.2 Å². The summed E-state index contributed by atoms with van der Waals surface area (Å²) < 4.78 is 0. The fourth-order valence-corrected chi connectivity index (χ4v) is 6.49. The highest BCUT2D eigenvalue weighted by Crippen LogP contribution is 2.64. The Bertz CT molecular complexity index is 487. The highest BCUT2D eigenvalue weighted by Gasteiger charge is 2.57. The van der Waals surface area contributed by atoms with Gasteiger partial charge in [-0.1, -0.05) is 31.2 Å². The van der Waals surface area contributed by atoms with Crippen LogP contribution in [0, 0.1) is 23.7 Å². The second-order valence-electron chi connectivity index (χ2n) is 8.29. The molecule has 0 aromatic heterocycles. The van der Waals surface area contributed by atoms with E-state index in [4.69, 9.17) is 5.73 Å². The summed E-state index contributed by atoms with van der Waals surface area (Å²) in [7, 11) is 0. The van der Waals surface area contributed by atoms with Crippen molar-refractivity contribution in [3.63, 3.8) is 0 Å². The summed E-state index contributed by atoms with van der Waals surface area (Å²) in [6, 6.07) is 9.70. The lowest BCUT2D eigenvalue weighted by Crippen LogP contribution is -2.55. The van der Waals surface area contributed by atoms with Gasteiger partial charge in [-0.05, 0) is 92.7 Å². The molecule has 1 aromatic carbocycles. The first-order valence-electron chi connectivity index (χ1n) is 9.55. The maximum absolute atomic E-state index is 5.91. The molecule has 1 aromatic rings. The molecule has 0 saturated heterocycles. The van der Waals surface area contributed by atoms with Gasteiger partial charge >= 0.3 is 0 Å².